The van der Waals surface area contributed by atoms with Gasteiger partial charge in [0.15, 0.2) is 11.5 Å². The highest BCUT2D eigenvalue weighted by Crippen LogP contribution is 2.27. The van der Waals surface area contributed by atoms with Gasteiger partial charge in [-0.1, -0.05) is 17.7 Å². The molecule has 3 nitrogen and oxygen atoms in total. The van der Waals surface area contributed by atoms with E-state index in [1.54, 1.807) is 19.1 Å². The number of rotatable bonds is 1. The topological polar surface area (TPSA) is 30.7 Å². The van der Waals surface area contributed by atoms with Gasteiger partial charge in [-0.3, -0.25) is 0 Å². The van der Waals surface area contributed by atoms with E-state index in [0.29, 0.717) is 0 Å². The Balaban J connectivity index is 2.40. The van der Waals surface area contributed by atoms with Crippen LogP contribution in [-0.4, -0.2) is 14.8 Å². The van der Waals surface area contributed by atoms with Crippen molar-refractivity contribution in [3.8, 4) is 5.82 Å². The highest BCUT2D eigenvalue weighted by Gasteiger charge is 2.33. The molecular formula is C10H7ClF3N3. The van der Waals surface area contributed by atoms with Crippen LogP contribution in [0.25, 0.3) is 5.82 Å². The molecule has 0 aliphatic carbocycles. The van der Waals surface area contributed by atoms with Gasteiger partial charge in [-0.2, -0.15) is 18.3 Å². The molecule has 0 bridgehead atoms. The summed E-state index contributed by atoms with van der Waals surface area (Å²) in [5.41, 5.74) is -0.213. The zero-order chi connectivity index (χ0) is 12.6. The largest absolute Gasteiger partial charge is 0.435 e. The van der Waals surface area contributed by atoms with Crippen LogP contribution in [0, 0.1) is 6.92 Å². The molecule has 0 radical (unpaired) electrons. The number of alkyl halides is 3. The van der Waals surface area contributed by atoms with Crippen LogP contribution in [0.2, 0.25) is 5.15 Å². The van der Waals surface area contributed by atoms with E-state index in [2.05, 4.69) is 10.1 Å². The van der Waals surface area contributed by atoms with E-state index in [-0.39, 0.29) is 11.0 Å². The van der Waals surface area contributed by atoms with Crippen LogP contribution in [0.3, 0.4) is 0 Å². The van der Waals surface area contributed by atoms with E-state index < -0.39 is 11.9 Å². The third-order valence-electron chi connectivity index (χ3n) is 2.13. The minimum Gasteiger partial charge on any atom is -0.222 e. The Labute approximate surface area is 99.8 Å². The van der Waals surface area contributed by atoms with Crippen molar-refractivity contribution >= 4 is 11.6 Å². The normalized spacial score (nSPS) is 11.8. The van der Waals surface area contributed by atoms with Gasteiger partial charge in [0.2, 0.25) is 0 Å². The molecule has 0 atom stereocenters. The molecule has 0 aliphatic heterocycles. The fourth-order valence-electron chi connectivity index (χ4n) is 1.22. The molecule has 90 valence electrons. The van der Waals surface area contributed by atoms with Gasteiger partial charge >= 0.3 is 6.18 Å². The van der Waals surface area contributed by atoms with Gasteiger partial charge in [-0.05, 0) is 24.6 Å². The first-order valence-corrected chi connectivity index (χ1v) is 5.02. The number of aromatic nitrogens is 3. The van der Waals surface area contributed by atoms with E-state index in [1.165, 1.54) is 6.20 Å². The lowest BCUT2D eigenvalue weighted by Crippen LogP contribution is -2.07. The average molecular weight is 262 g/mol. The number of halogens is 4. The molecule has 7 heteroatoms. The van der Waals surface area contributed by atoms with Crippen molar-refractivity contribution in [2.75, 3.05) is 0 Å². The van der Waals surface area contributed by atoms with E-state index in [4.69, 9.17) is 11.6 Å². The molecule has 0 saturated heterocycles. The van der Waals surface area contributed by atoms with Crippen LogP contribution in [0.1, 0.15) is 11.3 Å². The molecule has 17 heavy (non-hydrogen) atoms. The molecule has 0 aliphatic rings. The zero-order valence-corrected chi connectivity index (χ0v) is 9.42. The van der Waals surface area contributed by atoms with Crippen molar-refractivity contribution in [2.24, 2.45) is 0 Å². The fourth-order valence-corrected chi connectivity index (χ4v) is 1.37. The molecular weight excluding hydrogens is 255 g/mol. The Hall–Kier alpha value is -1.56. The average Bonchev–Trinajstić information content (AvgIpc) is 2.70. The second-order valence-corrected chi connectivity index (χ2v) is 3.78. The Bertz CT molecular complexity index is 548. The van der Waals surface area contributed by atoms with Crippen molar-refractivity contribution in [1.29, 1.82) is 0 Å². The van der Waals surface area contributed by atoms with Gasteiger partial charge in [-0.15, -0.1) is 0 Å². The summed E-state index contributed by atoms with van der Waals surface area (Å²) < 4.78 is 38.0. The Morgan fingerprint density at radius 1 is 1.24 bits per heavy atom. The molecule has 0 saturated carbocycles. The summed E-state index contributed by atoms with van der Waals surface area (Å²) in [4.78, 5) is 3.94. The second kappa shape index (κ2) is 4.03. The van der Waals surface area contributed by atoms with Crippen molar-refractivity contribution in [3.05, 3.63) is 40.8 Å². The first kappa shape index (κ1) is 11.9. The Morgan fingerprint density at radius 3 is 2.47 bits per heavy atom. The lowest BCUT2D eigenvalue weighted by atomic mass is 10.3. The van der Waals surface area contributed by atoms with Crippen molar-refractivity contribution in [2.45, 2.75) is 13.1 Å². The monoisotopic (exact) mass is 261 g/mol. The predicted molar refractivity (Wildman–Crippen MR) is 56.1 cm³/mol. The molecule has 2 heterocycles. The maximum Gasteiger partial charge on any atom is 0.435 e. The van der Waals surface area contributed by atoms with E-state index in [0.717, 1.165) is 16.3 Å². The molecule has 0 fully saturated rings. The summed E-state index contributed by atoms with van der Waals surface area (Å²) >= 11 is 5.79. The van der Waals surface area contributed by atoms with Crippen LogP contribution in [-0.2, 0) is 6.18 Å². The molecule has 2 aromatic rings. The molecule has 0 aromatic carbocycles. The van der Waals surface area contributed by atoms with E-state index in [9.17, 15) is 13.2 Å². The van der Waals surface area contributed by atoms with Gasteiger partial charge in [0, 0.05) is 6.20 Å². The van der Waals surface area contributed by atoms with Gasteiger partial charge in [0.05, 0.1) is 0 Å². The lowest BCUT2D eigenvalue weighted by Gasteiger charge is -2.03. The number of hydrogen-bond acceptors (Lipinski definition) is 2. The molecule has 0 N–H and O–H groups in total. The summed E-state index contributed by atoms with van der Waals surface area (Å²) in [5, 5.41) is 3.64. The van der Waals surface area contributed by atoms with Crippen LogP contribution in [0.15, 0.2) is 24.4 Å². The number of pyridine rings is 1. The van der Waals surface area contributed by atoms with Gasteiger partial charge in [0.1, 0.15) is 5.15 Å². The molecule has 0 unspecified atom stereocenters. The van der Waals surface area contributed by atoms with Crippen LogP contribution >= 0.6 is 11.6 Å². The number of aryl methyl sites for hydroxylation is 1. The summed E-state index contributed by atoms with van der Waals surface area (Å²) in [5.74, 6) is 0.246. The van der Waals surface area contributed by atoms with Gasteiger partial charge in [-0.25, -0.2) is 9.67 Å². The molecule has 0 spiro atoms. The third-order valence-corrected chi connectivity index (χ3v) is 2.52. The minimum atomic E-state index is -4.46. The maximum atomic E-state index is 12.3. The highest BCUT2D eigenvalue weighted by atomic mass is 35.5. The number of hydrogen-bond donors (Lipinski definition) is 0. The van der Waals surface area contributed by atoms with Crippen LogP contribution in [0.5, 0.6) is 0 Å². The Morgan fingerprint density at radius 2 is 1.94 bits per heavy atom. The van der Waals surface area contributed by atoms with Crippen molar-refractivity contribution < 1.29 is 13.2 Å². The summed E-state index contributed by atoms with van der Waals surface area (Å²) in [6, 6.07) is 4.10. The fraction of sp³-hybridized carbons (Fsp3) is 0.200. The zero-order valence-electron chi connectivity index (χ0n) is 8.66. The van der Waals surface area contributed by atoms with Crippen LogP contribution < -0.4 is 0 Å². The van der Waals surface area contributed by atoms with Gasteiger partial charge < -0.3 is 0 Å². The highest BCUT2D eigenvalue weighted by molar-refractivity contribution is 6.30. The number of nitrogens with zero attached hydrogens (tertiary/aromatic N) is 3. The quantitative estimate of drug-likeness (QED) is 0.738. The van der Waals surface area contributed by atoms with Gasteiger partial charge in [0.25, 0.3) is 0 Å². The smallest absolute Gasteiger partial charge is 0.222 e. The minimum absolute atomic E-state index is 0.242. The standard InChI is InChI=1S/C10H7ClF3N3/c1-6-2-3-8(15-9(6)11)17-5-4-7(16-17)10(12,13)14/h2-5H,1H3. The lowest BCUT2D eigenvalue weighted by molar-refractivity contribution is -0.141. The second-order valence-electron chi connectivity index (χ2n) is 3.42. The third kappa shape index (κ3) is 2.41. The van der Waals surface area contributed by atoms with Crippen molar-refractivity contribution in [3.63, 3.8) is 0 Å². The predicted octanol–water partition coefficient (Wildman–Crippen LogP) is 3.25. The SMILES string of the molecule is Cc1ccc(-n2ccc(C(F)(F)F)n2)nc1Cl. The Kier molecular flexibility index (Phi) is 2.82. The van der Waals surface area contributed by atoms with E-state index in [1.807, 2.05) is 0 Å². The molecule has 0 amide bonds. The summed E-state index contributed by atoms with van der Waals surface area (Å²) in [6.45, 7) is 1.75. The van der Waals surface area contributed by atoms with Crippen molar-refractivity contribution in [1.82, 2.24) is 14.8 Å². The first-order valence-electron chi connectivity index (χ1n) is 4.64. The summed E-state index contributed by atoms with van der Waals surface area (Å²) in [6.07, 6.45) is -3.27. The summed E-state index contributed by atoms with van der Waals surface area (Å²) in [7, 11) is 0. The van der Waals surface area contributed by atoms with E-state index >= 15 is 0 Å². The molecule has 2 rings (SSSR count). The maximum absolute atomic E-state index is 12.3. The molecule has 2 aromatic heterocycles. The first-order chi connectivity index (χ1) is 7.88. The van der Waals surface area contributed by atoms with Crippen LogP contribution in [0.4, 0.5) is 13.2 Å².